The number of allylic oxidation sites excluding steroid dienone is 1. The third-order valence-electron chi connectivity index (χ3n) is 10.7. The number of esters is 2. The number of rotatable bonds is 38. The van der Waals surface area contributed by atoms with E-state index in [0.29, 0.717) is 12.8 Å². The molecule has 0 aliphatic carbocycles. The normalized spacial score (nSPS) is 20.0. The standard InChI is InChI=1S/C46H84O10/c1-3-5-7-9-11-13-15-17-19-21-23-25-27-29-31-33-35-42(49)55-39(38-54-46-45(52)44(51)43(50)40(36-47)56-46)37-53-41(48)34-32-30-28-26-24-22-20-18-16-14-12-10-8-6-4-2/h16,20,39-40,43-47,50-52H,3-15,17,19,21-38H2,1-2H3/t18?,39-,40-,43+,44?,45?,46-/m1/s1. The van der Waals surface area contributed by atoms with Gasteiger partial charge >= 0.3 is 11.9 Å². The second-order valence-corrected chi connectivity index (χ2v) is 16.0. The first-order valence-corrected chi connectivity index (χ1v) is 23.0. The van der Waals surface area contributed by atoms with Crippen molar-refractivity contribution in [2.24, 2.45) is 0 Å². The van der Waals surface area contributed by atoms with Gasteiger partial charge in [-0.15, -0.1) is 5.73 Å². The molecule has 10 heteroatoms. The molecule has 1 fully saturated rings. The van der Waals surface area contributed by atoms with Crippen LogP contribution in [0, 0.1) is 0 Å². The Morgan fingerprint density at radius 2 is 1.00 bits per heavy atom. The van der Waals surface area contributed by atoms with Gasteiger partial charge in [0.1, 0.15) is 31.0 Å². The van der Waals surface area contributed by atoms with Gasteiger partial charge in [-0.3, -0.25) is 9.59 Å². The monoisotopic (exact) mass is 797 g/mol. The van der Waals surface area contributed by atoms with E-state index in [-0.39, 0.29) is 32.0 Å². The minimum absolute atomic E-state index is 0.223. The van der Waals surface area contributed by atoms with Gasteiger partial charge in [0, 0.05) is 12.8 Å². The Balaban J connectivity index is 2.33. The SMILES string of the molecule is CCCCCCCC=C=CCCCCCCCC(=O)OC[C@H](CO[C@@H]1O[C@H](CO)[C@H](O)C(O)C1O)OC(=O)CCCCCCCCCCCCCCCCCC. The van der Waals surface area contributed by atoms with Gasteiger partial charge in [-0.1, -0.05) is 155 Å². The Morgan fingerprint density at radius 3 is 1.46 bits per heavy atom. The van der Waals surface area contributed by atoms with Crippen molar-refractivity contribution in [1.82, 2.24) is 0 Å². The second-order valence-electron chi connectivity index (χ2n) is 16.0. The van der Waals surface area contributed by atoms with Gasteiger partial charge in [-0.25, -0.2) is 0 Å². The molecular weight excluding hydrogens is 712 g/mol. The minimum Gasteiger partial charge on any atom is -0.462 e. The summed E-state index contributed by atoms with van der Waals surface area (Å²) in [6.07, 6.45) is 29.9. The van der Waals surface area contributed by atoms with Crippen molar-refractivity contribution in [2.45, 2.75) is 243 Å². The Labute approximate surface area is 341 Å². The summed E-state index contributed by atoms with van der Waals surface area (Å²) in [5.74, 6) is -0.819. The van der Waals surface area contributed by atoms with Gasteiger partial charge in [0.05, 0.1) is 13.2 Å². The van der Waals surface area contributed by atoms with E-state index in [2.05, 4.69) is 31.7 Å². The molecule has 0 radical (unpaired) electrons. The van der Waals surface area contributed by atoms with E-state index in [1.807, 2.05) is 0 Å². The number of carbonyl (C=O) groups excluding carboxylic acids is 2. The molecule has 0 saturated carbocycles. The van der Waals surface area contributed by atoms with Crippen LogP contribution in [0.2, 0.25) is 0 Å². The summed E-state index contributed by atoms with van der Waals surface area (Å²) in [6.45, 7) is 3.40. The molecule has 0 aromatic heterocycles. The highest BCUT2D eigenvalue weighted by molar-refractivity contribution is 5.70. The van der Waals surface area contributed by atoms with E-state index < -0.39 is 49.4 Å². The lowest BCUT2D eigenvalue weighted by molar-refractivity contribution is -0.305. The van der Waals surface area contributed by atoms with E-state index in [9.17, 15) is 30.0 Å². The van der Waals surface area contributed by atoms with Gasteiger partial charge in [-0.05, 0) is 50.7 Å². The van der Waals surface area contributed by atoms with Crippen molar-refractivity contribution in [2.75, 3.05) is 19.8 Å². The zero-order chi connectivity index (χ0) is 40.9. The van der Waals surface area contributed by atoms with E-state index in [1.54, 1.807) is 0 Å². The number of aliphatic hydroxyl groups excluding tert-OH is 4. The molecule has 10 nitrogen and oxygen atoms in total. The summed E-state index contributed by atoms with van der Waals surface area (Å²) in [5, 5.41) is 40.1. The minimum atomic E-state index is -1.59. The highest BCUT2D eigenvalue weighted by Gasteiger charge is 2.44. The number of aliphatic hydroxyl groups is 4. The maximum atomic E-state index is 12.8. The number of unbranched alkanes of at least 4 members (excludes halogenated alkanes) is 25. The van der Waals surface area contributed by atoms with Crippen LogP contribution in [-0.4, -0.2) is 89.0 Å². The fourth-order valence-electron chi connectivity index (χ4n) is 6.99. The van der Waals surface area contributed by atoms with E-state index in [0.717, 1.165) is 57.8 Å². The van der Waals surface area contributed by atoms with Crippen molar-refractivity contribution in [3.05, 3.63) is 17.9 Å². The first-order chi connectivity index (χ1) is 27.3. The zero-order valence-corrected chi connectivity index (χ0v) is 35.7. The summed E-state index contributed by atoms with van der Waals surface area (Å²) >= 11 is 0. The van der Waals surface area contributed by atoms with Crippen molar-refractivity contribution < 1.29 is 49.0 Å². The number of hydrogen-bond acceptors (Lipinski definition) is 10. The molecule has 1 heterocycles. The predicted octanol–water partition coefficient (Wildman–Crippen LogP) is 9.71. The molecule has 56 heavy (non-hydrogen) atoms. The molecule has 0 aromatic rings. The fourth-order valence-corrected chi connectivity index (χ4v) is 6.99. The molecule has 1 rings (SSSR count). The first kappa shape index (κ1) is 52.2. The van der Waals surface area contributed by atoms with Crippen molar-refractivity contribution in [3.8, 4) is 0 Å². The third-order valence-corrected chi connectivity index (χ3v) is 10.7. The predicted molar refractivity (Wildman–Crippen MR) is 223 cm³/mol. The molecule has 6 atom stereocenters. The largest absolute Gasteiger partial charge is 0.462 e. The summed E-state index contributed by atoms with van der Waals surface area (Å²) in [6, 6.07) is 0. The molecule has 0 amide bonds. The third kappa shape index (κ3) is 28.6. The lowest BCUT2D eigenvalue weighted by Crippen LogP contribution is -2.59. The van der Waals surface area contributed by atoms with Gasteiger partial charge in [-0.2, -0.15) is 0 Å². The summed E-state index contributed by atoms with van der Waals surface area (Å²) < 4.78 is 22.2. The van der Waals surface area contributed by atoms with E-state index >= 15 is 0 Å². The molecule has 1 aliphatic heterocycles. The Kier molecular flexibility index (Phi) is 35.0. The highest BCUT2D eigenvalue weighted by atomic mass is 16.7. The van der Waals surface area contributed by atoms with Crippen LogP contribution in [0.5, 0.6) is 0 Å². The molecule has 1 saturated heterocycles. The van der Waals surface area contributed by atoms with E-state index in [4.69, 9.17) is 18.9 Å². The van der Waals surface area contributed by atoms with Crippen LogP contribution in [-0.2, 0) is 28.5 Å². The van der Waals surface area contributed by atoms with Crippen LogP contribution < -0.4 is 0 Å². The molecule has 4 N–H and O–H groups in total. The lowest BCUT2D eigenvalue weighted by Gasteiger charge is -2.39. The summed E-state index contributed by atoms with van der Waals surface area (Å²) in [4.78, 5) is 25.3. The Morgan fingerprint density at radius 1 is 0.571 bits per heavy atom. The second kappa shape index (κ2) is 37.5. The van der Waals surface area contributed by atoms with Crippen LogP contribution >= 0.6 is 0 Å². The van der Waals surface area contributed by atoms with Crippen molar-refractivity contribution in [1.29, 1.82) is 0 Å². The highest BCUT2D eigenvalue weighted by Crippen LogP contribution is 2.23. The van der Waals surface area contributed by atoms with Gasteiger partial charge in [0.2, 0.25) is 0 Å². The van der Waals surface area contributed by atoms with Gasteiger partial charge < -0.3 is 39.4 Å². The van der Waals surface area contributed by atoms with Crippen LogP contribution in [0.4, 0.5) is 0 Å². The van der Waals surface area contributed by atoms with Crippen molar-refractivity contribution in [3.63, 3.8) is 0 Å². The van der Waals surface area contributed by atoms with Crippen molar-refractivity contribution >= 4 is 11.9 Å². The maximum absolute atomic E-state index is 12.8. The average molecular weight is 797 g/mol. The molecular formula is C46H84O10. The van der Waals surface area contributed by atoms with Crippen LogP contribution in [0.25, 0.3) is 0 Å². The summed E-state index contributed by atoms with van der Waals surface area (Å²) in [5.41, 5.74) is 3.30. The fraction of sp³-hybridized carbons (Fsp3) is 0.891. The quantitative estimate of drug-likeness (QED) is 0.0270. The number of carbonyl (C=O) groups is 2. The first-order valence-electron chi connectivity index (χ1n) is 23.0. The molecule has 1 aliphatic rings. The van der Waals surface area contributed by atoms with Gasteiger partial charge in [0.15, 0.2) is 12.4 Å². The van der Waals surface area contributed by atoms with E-state index in [1.165, 1.54) is 109 Å². The smallest absolute Gasteiger partial charge is 0.306 e. The van der Waals surface area contributed by atoms with Gasteiger partial charge in [0.25, 0.3) is 0 Å². The zero-order valence-electron chi connectivity index (χ0n) is 35.7. The average Bonchev–Trinajstić information content (AvgIpc) is 3.19. The maximum Gasteiger partial charge on any atom is 0.306 e. The molecule has 0 bridgehead atoms. The molecule has 0 aromatic carbocycles. The Hall–Kier alpha value is -1.78. The summed E-state index contributed by atoms with van der Waals surface area (Å²) in [7, 11) is 0. The van der Waals surface area contributed by atoms with Crippen LogP contribution in [0.3, 0.4) is 0 Å². The molecule has 2 unspecified atom stereocenters. The van der Waals surface area contributed by atoms with Crippen LogP contribution in [0.15, 0.2) is 17.9 Å². The Bertz CT molecular complexity index is 981. The number of ether oxygens (including phenoxy) is 4. The topological polar surface area (TPSA) is 152 Å². The van der Waals surface area contributed by atoms with Crippen LogP contribution in [0.1, 0.15) is 206 Å². The molecule has 328 valence electrons. The lowest BCUT2D eigenvalue weighted by atomic mass is 9.99. The number of hydrogen-bond donors (Lipinski definition) is 4. The molecule has 0 spiro atoms.